The van der Waals surface area contributed by atoms with Crippen LogP contribution in [0.15, 0.2) is 22.9 Å². The standard InChI is InChI=1S/C6HCl5O.C5H9NO4.C4H4S.C2H4O2/c7-1-2(8)4(10)6(12)5(11)3(1)9;6-3(5(9)10)1-2-4(7)8;1-2-4-5-3-1;1-2(3)4/h12H;3H,1-2,6H2,(H,7,8)(H,9,10);1-4H;1H3,(H,3,4)/p+1. The minimum atomic E-state index is -1.17. The summed E-state index contributed by atoms with van der Waals surface area (Å²) in [6.45, 7) is 1.08. The van der Waals surface area contributed by atoms with Crippen LogP contribution in [0, 0.1) is 0 Å². The summed E-state index contributed by atoms with van der Waals surface area (Å²) in [5.41, 5.74) is 5.00. The molecule has 0 aliphatic rings. The van der Waals surface area contributed by atoms with E-state index in [-0.39, 0.29) is 45.1 Å². The van der Waals surface area contributed by atoms with Gasteiger partial charge in [-0.05, 0) is 17.2 Å². The predicted octanol–water partition coefficient (Wildman–Crippen LogP) is 5.87. The van der Waals surface area contributed by atoms with Crippen molar-refractivity contribution >= 4 is 87.2 Å². The lowest BCUT2D eigenvalue weighted by atomic mass is 10.2. The number of hydrogen-bond acceptors (Lipinski definition) is 6. The first-order chi connectivity index (χ1) is 14.2. The van der Waals surface area contributed by atoms with Gasteiger partial charge in [-0.3, -0.25) is 14.4 Å². The quantitative estimate of drug-likeness (QED) is 0.230. The lowest BCUT2D eigenvalue weighted by molar-refractivity contribution is -0.140. The number of thiophene rings is 1. The molecule has 14 heteroatoms. The lowest BCUT2D eigenvalue weighted by Gasteiger charge is -2.06. The molecule has 1 heterocycles. The van der Waals surface area contributed by atoms with Crippen LogP contribution < -0.4 is 5.73 Å². The number of hydrogen-bond donors (Lipinski definition) is 5. The third-order valence-electron chi connectivity index (χ3n) is 2.60. The number of nitrogens with two attached hydrogens (primary N) is 1. The summed E-state index contributed by atoms with van der Waals surface area (Å²) in [6, 6.07) is 2.98. The van der Waals surface area contributed by atoms with E-state index in [1.807, 2.05) is 22.9 Å². The van der Waals surface area contributed by atoms with E-state index in [1.54, 1.807) is 11.3 Å². The zero-order valence-corrected chi connectivity index (χ0v) is 20.3. The molecule has 1 unspecified atom stereocenters. The summed E-state index contributed by atoms with van der Waals surface area (Å²) < 4.78 is 0. The van der Waals surface area contributed by atoms with Crippen molar-refractivity contribution in [2.24, 2.45) is 5.73 Å². The molecule has 2 rings (SSSR count). The Morgan fingerprint density at radius 2 is 1.29 bits per heavy atom. The largest absolute Gasteiger partial charge is 1.00 e. The van der Waals surface area contributed by atoms with Crippen molar-refractivity contribution in [3.63, 3.8) is 0 Å². The zero-order valence-electron chi connectivity index (χ0n) is 16.7. The Hall–Kier alpha value is -1.46. The van der Waals surface area contributed by atoms with Crippen LogP contribution in [-0.4, -0.2) is 44.4 Å². The Bertz CT molecular complexity index is 730. The van der Waals surface area contributed by atoms with Crippen LogP contribution >= 0.6 is 69.3 Å². The summed E-state index contributed by atoms with van der Waals surface area (Å²) >= 11 is 29.6. The molecule has 0 saturated carbocycles. The van der Waals surface area contributed by atoms with Gasteiger partial charge in [0.15, 0.2) is 5.75 Å². The molecule has 1 aromatic carbocycles. The third kappa shape index (κ3) is 15.1. The molecule has 0 aliphatic carbocycles. The Labute approximate surface area is 208 Å². The molecule has 2 aromatic rings. The molecule has 174 valence electrons. The summed E-state index contributed by atoms with van der Waals surface area (Å²) in [6.07, 6.45) is -0.224. The monoisotopic (exact) mass is 556 g/mol. The smallest absolute Gasteiger partial charge is 0.505 e. The van der Waals surface area contributed by atoms with Crippen molar-refractivity contribution in [1.29, 1.82) is 0 Å². The van der Waals surface area contributed by atoms with Crippen LogP contribution in [-0.2, 0) is 14.4 Å². The molecule has 0 fully saturated rings. The molecule has 1 aromatic heterocycles. The van der Waals surface area contributed by atoms with Gasteiger partial charge in [-0.25, -0.2) is 0 Å². The average molecular weight is 559 g/mol. The van der Waals surface area contributed by atoms with Crippen molar-refractivity contribution < 1.29 is 36.2 Å². The molecule has 0 radical (unpaired) electrons. The van der Waals surface area contributed by atoms with E-state index in [0.717, 1.165) is 6.92 Å². The van der Waals surface area contributed by atoms with Gasteiger partial charge in [0.1, 0.15) is 16.1 Å². The van der Waals surface area contributed by atoms with Gasteiger partial charge in [-0.2, -0.15) is 11.3 Å². The van der Waals surface area contributed by atoms with Gasteiger partial charge >= 0.3 is 13.4 Å². The summed E-state index contributed by atoms with van der Waals surface area (Å²) in [5, 5.41) is 36.8. The Balaban J connectivity index is -0.000000377. The van der Waals surface area contributed by atoms with Gasteiger partial charge in [0.05, 0.1) is 15.1 Å². The Morgan fingerprint density at radius 3 is 1.55 bits per heavy atom. The van der Waals surface area contributed by atoms with E-state index in [2.05, 4.69) is 0 Å². The minimum absolute atomic E-state index is 0. The Kier molecular flexibility index (Phi) is 17.5. The number of rotatable bonds is 4. The van der Waals surface area contributed by atoms with Crippen molar-refractivity contribution in [2.45, 2.75) is 25.8 Å². The second-order valence-corrected chi connectivity index (χ2v) is 7.81. The predicted molar refractivity (Wildman–Crippen MR) is 124 cm³/mol. The van der Waals surface area contributed by atoms with Crippen LogP contribution in [0.5, 0.6) is 5.75 Å². The van der Waals surface area contributed by atoms with Gasteiger partial charge in [0, 0.05) is 13.3 Å². The number of halogens is 5. The highest BCUT2D eigenvalue weighted by Gasteiger charge is 2.18. The van der Waals surface area contributed by atoms with Crippen molar-refractivity contribution in [3.05, 3.63) is 48.0 Å². The van der Waals surface area contributed by atoms with Crippen molar-refractivity contribution in [3.8, 4) is 5.75 Å². The lowest BCUT2D eigenvalue weighted by Crippen LogP contribution is -2.30. The average Bonchev–Trinajstić information content (AvgIpc) is 3.27. The van der Waals surface area contributed by atoms with Gasteiger partial charge in [0.25, 0.3) is 5.97 Å². The number of phenols is 1. The topological polar surface area (TPSA) is 158 Å². The van der Waals surface area contributed by atoms with Crippen LogP contribution in [0.3, 0.4) is 0 Å². The number of carboxylic acid groups (broad SMARTS) is 3. The first-order valence-electron chi connectivity index (χ1n) is 7.81. The molecule has 0 bridgehead atoms. The number of aromatic hydroxyl groups is 1. The summed E-state index contributed by atoms with van der Waals surface area (Å²) in [4.78, 5) is 28.9. The number of phenolic OH excluding ortho intramolecular Hbond substituents is 1. The fraction of sp³-hybridized carbons (Fsp3) is 0.235. The Morgan fingerprint density at radius 1 is 0.935 bits per heavy atom. The number of benzene rings is 1. The highest BCUT2D eigenvalue weighted by Crippen LogP contribution is 2.47. The molecule has 1 atom stereocenters. The molecule has 8 nitrogen and oxygen atoms in total. The van der Waals surface area contributed by atoms with Crippen LogP contribution in [0.4, 0.5) is 0 Å². The van der Waals surface area contributed by atoms with Crippen molar-refractivity contribution in [2.75, 3.05) is 0 Å². The van der Waals surface area contributed by atoms with Gasteiger partial charge in [0.2, 0.25) is 0 Å². The van der Waals surface area contributed by atoms with E-state index in [9.17, 15) is 14.7 Å². The van der Waals surface area contributed by atoms with Crippen LogP contribution in [0.2, 0.25) is 25.1 Å². The van der Waals surface area contributed by atoms with E-state index in [0.29, 0.717) is 0 Å². The second kappa shape index (κ2) is 17.1. The van der Waals surface area contributed by atoms with E-state index in [4.69, 9.17) is 83.9 Å². The van der Waals surface area contributed by atoms with Crippen LogP contribution in [0.25, 0.3) is 0 Å². The molecule has 31 heavy (non-hydrogen) atoms. The SMILES string of the molecule is CC(=O)O.NC(CCC(=O)O)C(=O)O.Oc1c(Cl)c(Cl)c(Cl)c(Cl)c1Cl.[H+].c1ccsc1. The maximum absolute atomic E-state index is 9.99. The first-order valence-corrected chi connectivity index (χ1v) is 10.6. The fourth-order valence-electron chi connectivity index (χ4n) is 1.22. The number of aliphatic carboxylic acids is 3. The van der Waals surface area contributed by atoms with Gasteiger partial charge < -0.3 is 26.2 Å². The fourth-order valence-corrected chi connectivity index (χ4v) is 2.80. The van der Waals surface area contributed by atoms with E-state index < -0.39 is 23.9 Å². The van der Waals surface area contributed by atoms with E-state index >= 15 is 0 Å². The summed E-state index contributed by atoms with van der Waals surface area (Å²) in [7, 11) is 0. The molecule has 0 amide bonds. The van der Waals surface area contributed by atoms with Gasteiger partial charge in [-0.1, -0.05) is 70.1 Å². The normalized spacial score (nSPS) is 10.2. The van der Waals surface area contributed by atoms with E-state index in [1.165, 1.54) is 0 Å². The highest BCUT2D eigenvalue weighted by molar-refractivity contribution is 7.07. The highest BCUT2D eigenvalue weighted by atomic mass is 35.5. The maximum atomic E-state index is 9.99. The number of carbonyl (C=O) groups is 3. The molecular weight excluding hydrogens is 540 g/mol. The molecule has 6 N–H and O–H groups in total. The minimum Gasteiger partial charge on any atom is -0.505 e. The third-order valence-corrected chi connectivity index (χ3v) is 5.48. The molecule has 0 aliphatic heterocycles. The van der Waals surface area contributed by atoms with Crippen molar-refractivity contribution in [1.82, 2.24) is 0 Å². The first kappa shape index (κ1) is 31.7. The second-order valence-electron chi connectivity index (χ2n) is 5.11. The zero-order chi connectivity index (χ0) is 24.7. The van der Waals surface area contributed by atoms with Crippen LogP contribution in [0.1, 0.15) is 21.2 Å². The molecule has 0 saturated heterocycles. The number of carboxylic acids is 3. The molecular formula is C17H19Cl5NO7S+. The molecule has 0 spiro atoms. The maximum Gasteiger partial charge on any atom is 1.00 e. The summed E-state index contributed by atoms with van der Waals surface area (Å²) in [5.74, 6) is -3.39. The van der Waals surface area contributed by atoms with Gasteiger partial charge in [-0.15, -0.1) is 0 Å².